The average molecular weight is 846 g/mol. The summed E-state index contributed by atoms with van der Waals surface area (Å²) in [5, 5.41) is 8.82. The minimum absolute atomic E-state index is 0.0284. The Bertz CT molecular complexity index is 792. The molecule has 3 nitrogen and oxygen atoms in total. The van der Waals surface area contributed by atoms with Gasteiger partial charge in [-0.15, -0.1) is 0 Å². The summed E-state index contributed by atoms with van der Waals surface area (Å²) in [6.45, 7) is 3.29. The van der Waals surface area contributed by atoms with E-state index in [0.29, 0.717) is 19.6 Å². The topological polar surface area (TPSA) is 46.5 Å². The monoisotopic (exact) mass is 845 g/mol. The third kappa shape index (κ3) is 55.2. The summed E-state index contributed by atoms with van der Waals surface area (Å²) in [5.74, 6) is 0.0284. The Morgan fingerprint density at radius 2 is 0.550 bits per heavy atom. The van der Waals surface area contributed by atoms with Crippen molar-refractivity contribution in [2.75, 3.05) is 13.2 Å². The van der Waals surface area contributed by atoms with E-state index in [-0.39, 0.29) is 5.97 Å². The second-order valence-electron chi connectivity index (χ2n) is 19.4. The largest absolute Gasteiger partial charge is 0.466 e. The first kappa shape index (κ1) is 59.2. The second-order valence-corrected chi connectivity index (χ2v) is 19.4. The molecule has 0 heterocycles. The maximum atomic E-state index is 12.1. The van der Waals surface area contributed by atoms with Crippen LogP contribution in [0.25, 0.3) is 0 Å². The van der Waals surface area contributed by atoms with Crippen molar-refractivity contribution in [1.82, 2.24) is 0 Å². The molecule has 0 amide bonds. The minimum Gasteiger partial charge on any atom is -0.466 e. The molecule has 0 aromatic rings. The smallest absolute Gasteiger partial charge is 0.305 e. The molecule has 0 spiro atoms. The first-order valence-electron chi connectivity index (χ1n) is 28.2. The van der Waals surface area contributed by atoms with Crippen LogP contribution in [0.3, 0.4) is 0 Å². The van der Waals surface area contributed by atoms with E-state index in [1.54, 1.807) is 0 Å². The maximum Gasteiger partial charge on any atom is 0.305 e. The van der Waals surface area contributed by atoms with Crippen molar-refractivity contribution < 1.29 is 14.6 Å². The fourth-order valence-electron chi connectivity index (χ4n) is 9.00. The summed E-state index contributed by atoms with van der Waals surface area (Å²) < 4.78 is 5.51. The normalized spacial score (nSPS) is 11.7. The fraction of sp³-hybridized carbons (Fsp3) is 0.947. The number of esters is 1. The number of aliphatic hydroxyl groups excluding tert-OH is 1. The van der Waals surface area contributed by atoms with E-state index in [2.05, 4.69) is 19.1 Å². The summed E-state index contributed by atoms with van der Waals surface area (Å²) in [6, 6.07) is 0. The van der Waals surface area contributed by atoms with Crippen LogP contribution < -0.4 is 0 Å². The van der Waals surface area contributed by atoms with Gasteiger partial charge in [-0.25, -0.2) is 0 Å². The Morgan fingerprint density at radius 1 is 0.317 bits per heavy atom. The van der Waals surface area contributed by atoms with E-state index in [9.17, 15) is 4.79 Å². The second kappa shape index (κ2) is 56.2. The maximum absolute atomic E-state index is 12.1. The van der Waals surface area contributed by atoms with E-state index in [4.69, 9.17) is 9.84 Å². The highest BCUT2D eigenvalue weighted by molar-refractivity contribution is 5.69. The van der Waals surface area contributed by atoms with Crippen molar-refractivity contribution >= 4 is 5.97 Å². The molecule has 1 N–H and O–H groups in total. The van der Waals surface area contributed by atoms with Crippen molar-refractivity contribution in [3.05, 3.63) is 12.2 Å². The lowest BCUT2D eigenvalue weighted by molar-refractivity contribution is -0.143. The first-order valence-corrected chi connectivity index (χ1v) is 28.2. The van der Waals surface area contributed by atoms with Crippen molar-refractivity contribution in [3.8, 4) is 0 Å². The molecule has 0 unspecified atom stereocenters. The van der Waals surface area contributed by atoms with E-state index >= 15 is 0 Å². The van der Waals surface area contributed by atoms with Gasteiger partial charge in [0.1, 0.15) is 0 Å². The van der Waals surface area contributed by atoms with Crippen LogP contribution in [-0.2, 0) is 9.53 Å². The van der Waals surface area contributed by atoms with Crippen molar-refractivity contribution in [2.45, 2.75) is 334 Å². The molecule has 0 saturated heterocycles. The van der Waals surface area contributed by atoms with Crippen LogP contribution in [0, 0.1) is 0 Å². The molecule has 0 saturated carbocycles. The number of carbonyl (C=O) groups is 1. The van der Waals surface area contributed by atoms with Crippen LogP contribution in [0.1, 0.15) is 334 Å². The SMILES string of the molecule is CCCCCCCCC=CCCCCCCCCCCCCCC(=O)OCCCCCCCCCCCCCCCCCCCCCCCCCCCCCCCCCO. The Balaban J connectivity index is 3.15. The number of aliphatic hydroxyl groups is 1. The van der Waals surface area contributed by atoms with Gasteiger partial charge in [0.25, 0.3) is 0 Å². The van der Waals surface area contributed by atoms with Crippen molar-refractivity contribution in [3.63, 3.8) is 0 Å². The third-order valence-corrected chi connectivity index (χ3v) is 13.2. The quantitative estimate of drug-likeness (QED) is 0.0377. The highest BCUT2D eigenvalue weighted by Crippen LogP contribution is 2.18. The average Bonchev–Trinajstić information content (AvgIpc) is 3.25. The van der Waals surface area contributed by atoms with Crippen LogP contribution in [0.2, 0.25) is 0 Å². The zero-order valence-electron chi connectivity index (χ0n) is 41.4. The Labute approximate surface area is 379 Å². The summed E-state index contributed by atoms with van der Waals surface area (Å²) in [7, 11) is 0. The molecule has 0 aliphatic rings. The Morgan fingerprint density at radius 3 is 0.833 bits per heavy atom. The fourth-order valence-corrected chi connectivity index (χ4v) is 9.00. The van der Waals surface area contributed by atoms with Crippen LogP contribution in [-0.4, -0.2) is 24.3 Å². The molecule has 0 fully saturated rings. The summed E-state index contributed by atoms with van der Waals surface area (Å²) >= 11 is 0. The van der Waals surface area contributed by atoms with Gasteiger partial charge in [0, 0.05) is 13.0 Å². The number of hydrogen-bond acceptors (Lipinski definition) is 3. The molecule has 0 rings (SSSR count). The van der Waals surface area contributed by atoms with Gasteiger partial charge in [-0.3, -0.25) is 4.79 Å². The molecule has 0 bridgehead atoms. The highest BCUT2D eigenvalue weighted by Gasteiger charge is 2.03. The number of carbonyl (C=O) groups excluding carboxylic acids is 1. The van der Waals surface area contributed by atoms with Gasteiger partial charge in [0.05, 0.1) is 6.61 Å². The molecular weight excluding hydrogens is 733 g/mol. The summed E-state index contributed by atoms with van der Waals surface area (Å²) in [4.78, 5) is 12.1. The van der Waals surface area contributed by atoms with Gasteiger partial charge in [-0.2, -0.15) is 0 Å². The van der Waals surface area contributed by atoms with Gasteiger partial charge in [0.2, 0.25) is 0 Å². The Hall–Kier alpha value is -0.830. The molecule has 0 aliphatic carbocycles. The number of rotatable bonds is 54. The van der Waals surface area contributed by atoms with Crippen LogP contribution in [0.5, 0.6) is 0 Å². The molecule has 0 aliphatic heterocycles. The summed E-state index contributed by atoms with van der Waals surface area (Å²) in [5.41, 5.74) is 0. The first-order chi connectivity index (χ1) is 29.8. The van der Waals surface area contributed by atoms with Gasteiger partial charge in [-0.1, -0.05) is 295 Å². The number of allylic oxidation sites excluding steroid dienone is 2. The highest BCUT2D eigenvalue weighted by atomic mass is 16.5. The number of hydrogen-bond donors (Lipinski definition) is 1. The number of ether oxygens (including phenoxy) is 1. The molecule has 0 aromatic carbocycles. The Kier molecular flexibility index (Phi) is 55.4. The van der Waals surface area contributed by atoms with Crippen molar-refractivity contribution in [2.24, 2.45) is 0 Å². The molecule has 3 heteroatoms. The van der Waals surface area contributed by atoms with E-state index < -0.39 is 0 Å². The van der Waals surface area contributed by atoms with Gasteiger partial charge in [0.15, 0.2) is 0 Å². The lowest BCUT2D eigenvalue weighted by atomic mass is 10.0. The van der Waals surface area contributed by atoms with E-state index in [1.807, 2.05) is 0 Å². The lowest BCUT2D eigenvalue weighted by Crippen LogP contribution is -2.05. The third-order valence-electron chi connectivity index (χ3n) is 13.2. The van der Waals surface area contributed by atoms with E-state index in [1.165, 1.54) is 302 Å². The summed E-state index contributed by atoms with van der Waals surface area (Å²) in [6.07, 6.45) is 73.9. The molecule has 0 aromatic heterocycles. The zero-order valence-corrected chi connectivity index (χ0v) is 41.4. The van der Waals surface area contributed by atoms with Crippen LogP contribution in [0.15, 0.2) is 12.2 Å². The predicted octanol–water partition coefficient (Wildman–Crippen LogP) is 20.0. The predicted molar refractivity (Wildman–Crippen MR) is 268 cm³/mol. The molecule has 0 radical (unpaired) electrons. The molecular formula is C57H112O3. The number of unbranched alkanes of at least 4 members (excludes halogenated alkanes) is 47. The van der Waals surface area contributed by atoms with E-state index in [0.717, 1.165) is 19.3 Å². The van der Waals surface area contributed by atoms with Crippen molar-refractivity contribution in [1.29, 1.82) is 0 Å². The zero-order chi connectivity index (χ0) is 43.2. The van der Waals surface area contributed by atoms with Gasteiger partial charge in [-0.05, 0) is 44.9 Å². The van der Waals surface area contributed by atoms with Gasteiger partial charge >= 0.3 is 5.97 Å². The van der Waals surface area contributed by atoms with Crippen LogP contribution in [0.4, 0.5) is 0 Å². The molecule has 0 atom stereocenters. The van der Waals surface area contributed by atoms with Gasteiger partial charge < -0.3 is 9.84 Å². The minimum atomic E-state index is 0.0284. The lowest BCUT2D eigenvalue weighted by Gasteiger charge is -2.06. The molecule has 60 heavy (non-hydrogen) atoms. The van der Waals surface area contributed by atoms with Crippen LogP contribution >= 0.6 is 0 Å². The molecule has 358 valence electrons. The standard InChI is InChI=1S/C57H112O3/c1-2-3-4-5-6-7-8-9-10-11-12-24-27-30-33-36-39-42-45-48-51-54-57(59)60-56-53-50-47-44-41-38-35-32-29-26-23-21-19-17-15-13-14-16-18-20-22-25-28-31-34-37-40-43-46-49-52-55-58/h9-10,58H,2-8,11-56H2,1H3.